The van der Waals surface area contributed by atoms with E-state index in [1.807, 2.05) is 29.7 Å². The number of halogens is 1. The van der Waals surface area contributed by atoms with Crippen molar-refractivity contribution in [3.63, 3.8) is 0 Å². The molecule has 1 aromatic heterocycles. The van der Waals surface area contributed by atoms with Crippen molar-refractivity contribution in [3.8, 4) is 0 Å². The van der Waals surface area contributed by atoms with E-state index in [0.717, 1.165) is 15.5 Å². The second kappa shape index (κ2) is 4.78. The summed E-state index contributed by atoms with van der Waals surface area (Å²) in [5.74, 6) is 1.04. The van der Waals surface area contributed by atoms with Crippen LogP contribution in [0.15, 0.2) is 22.7 Å². The van der Waals surface area contributed by atoms with Gasteiger partial charge in [0.05, 0.1) is 11.0 Å². The molecule has 0 spiro atoms. The molecule has 0 amide bonds. The molecule has 0 aliphatic carbocycles. The maximum atomic E-state index is 11.3. The number of benzene rings is 1. The lowest BCUT2D eigenvalue weighted by atomic mass is 10.3. The van der Waals surface area contributed by atoms with Gasteiger partial charge in [0.25, 0.3) is 0 Å². The standard InChI is InChI=1S/C11H14BrN3OS/c1-7(6-17(2)16)15-10-4-3-8(12)5-9(10)14-11(15)13/h3-5,7H,6H2,1-2H3,(H2,13,14). The van der Waals surface area contributed by atoms with E-state index in [1.165, 1.54) is 0 Å². The number of imidazole rings is 1. The van der Waals surface area contributed by atoms with E-state index in [1.54, 1.807) is 6.26 Å². The third kappa shape index (κ3) is 2.52. The summed E-state index contributed by atoms with van der Waals surface area (Å²) in [5.41, 5.74) is 7.75. The van der Waals surface area contributed by atoms with Gasteiger partial charge >= 0.3 is 0 Å². The predicted octanol–water partition coefficient (Wildman–Crippen LogP) is 2.32. The largest absolute Gasteiger partial charge is 0.369 e. The minimum Gasteiger partial charge on any atom is -0.369 e. The summed E-state index contributed by atoms with van der Waals surface area (Å²) in [5, 5.41) is 0. The highest BCUT2D eigenvalue weighted by Crippen LogP contribution is 2.25. The molecule has 92 valence electrons. The van der Waals surface area contributed by atoms with Gasteiger partial charge in [-0.15, -0.1) is 0 Å². The number of rotatable bonds is 3. The Kier molecular flexibility index (Phi) is 3.53. The molecule has 0 aliphatic heterocycles. The zero-order valence-corrected chi connectivity index (χ0v) is 12.1. The molecule has 17 heavy (non-hydrogen) atoms. The molecule has 0 fully saturated rings. The minimum atomic E-state index is -0.849. The van der Waals surface area contributed by atoms with Crippen molar-refractivity contribution in [3.05, 3.63) is 22.7 Å². The van der Waals surface area contributed by atoms with E-state index in [9.17, 15) is 4.21 Å². The lowest BCUT2D eigenvalue weighted by Crippen LogP contribution is -2.14. The van der Waals surface area contributed by atoms with Gasteiger partial charge in [0, 0.05) is 33.3 Å². The van der Waals surface area contributed by atoms with Crippen molar-refractivity contribution in [1.82, 2.24) is 9.55 Å². The number of nitrogens with two attached hydrogens (primary N) is 1. The Bertz CT molecular complexity index is 581. The number of fused-ring (bicyclic) bond motifs is 1. The molecule has 0 aliphatic rings. The highest BCUT2D eigenvalue weighted by atomic mass is 79.9. The summed E-state index contributed by atoms with van der Waals surface area (Å²) >= 11 is 3.40. The van der Waals surface area contributed by atoms with Crippen molar-refractivity contribution in [2.45, 2.75) is 13.0 Å². The van der Waals surface area contributed by atoms with Crippen LogP contribution in [-0.4, -0.2) is 25.8 Å². The van der Waals surface area contributed by atoms with Crippen LogP contribution in [0.2, 0.25) is 0 Å². The zero-order chi connectivity index (χ0) is 12.6. The molecule has 2 rings (SSSR count). The summed E-state index contributed by atoms with van der Waals surface area (Å²) in [7, 11) is -0.849. The van der Waals surface area contributed by atoms with Gasteiger partial charge in [0.2, 0.25) is 5.95 Å². The fraction of sp³-hybridized carbons (Fsp3) is 0.364. The number of hydrogen-bond acceptors (Lipinski definition) is 3. The number of anilines is 1. The van der Waals surface area contributed by atoms with Crippen molar-refractivity contribution in [2.24, 2.45) is 0 Å². The van der Waals surface area contributed by atoms with Crippen LogP contribution in [0.3, 0.4) is 0 Å². The van der Waals surface area contributed by atoms with E-state index in [-0.39, 0.29) is 6.04 Å². The molecule has 2 N–H and O–H groups in total. The maximum absolute atomic E-state index is 11.3. The SMILES string of the molecule is CC(CS(C)=O)n1c(N)nc2cc(Br)ccc21. The number of aromatic nitrogens is 2. The third-order valence-electron chi connectivity index (χ3n) is 2.60. The summed E-state index contributed by atoms with van der Waals surface area (Å²) in [6.45, 7) is 2.00. The van der Waals surface area contributed by atoms with Crippen molar-refractivity contribution in [1.29, 1.82) is 0 Å². The van der Waals surface area contributed by atoms with Crippen LogP contribution in [0, 0.1) is 0 Å². The first-order valence-corrected chi connectivity index (χ1v) is 7.74. The predicted molar refractivity (Wildman–Crippen MR) is 75.5 cm³/mol. The highest BCUT2D eigenvalue weighted by molar-refractivity contribution is 9.10. The summed E-state index contributed by atoms with van der Waals surface area (Å²) in [6, 6.07) is 5.93. The zero-order valence-electron chi connectivity index (χ0n) is 9.68. The minimum absolute atomic E-state index is 0.0759. The number of nitrogens with zero attached hydrogens (tertiary/aromatic N) is 2. The molecule has 4 nitrogen and oxygen atoms in total. The third-order valence-corrected chi connectivity index (χ3v) is 4.04. The van der Waals surface area contributed by atoms with Crippen molar-refractivity contribution in [2.75, 3.05) is 17.7 Å². The first-order valence-electron chi connectivity index (χ1n) is 5.22. The van der Waals surface area contributed by atoms with E-state index in [0.29, 0.717) is 11.7 Å². The Balaban J connectivity index is 2.53. The molecule has 6 heteroatoms. The lowest BCUT2D eigenvalue weighted by molar-refractivity contribution is 0.619. The molecule has 0 bridgehead atoms. The van der Waals surface area contributed by atoms with E-state index in [4.69, 9.17) is 5.73 Å². The van der Waals surface area contributed by atoms with Crippen LogP contribution < -0.4 is 5.73 Å². The van der Waals surface area contributed by atoms with Gasteiger partial charge in [-0.1, -0.05) is 15.9 Å². The molecule has 0 radical (unpaired) electrons. The average Bonchev–Trinajstić information content (AvgIpc) is 2.51. The molecule has 0 saturated heterocycles. The molecule has 1 aromatic carbocycles. The van der Waals surface area contributed by atoms with Gasteiger partial charge in [0.1, 0.15) is 0 Å². The van der Waals surface area contributed by atoms with Crippen LogP contribution in [0.5, 0.6) is 0 Å². The molecule has 2 aromatic rings. The Morgan fingerprint density at radius 3 is 2.94 bits per heavy atom. The van der Waals surface area contributed by atoms with Crippen LogP contribution in [0.4, 0.5) is 5.95 Å². The molecule has 1 heterocycles. The quantitative estimate of drug-likeness (QED) is 0.945. The smallest absolute Gasteiger partial charge is 0.201 e. The van der Waals surface area contributed by atoms with Gasteiger partial charge in [-0.25, -0.2) is 4.98 Å². The van der Waals surface area contributed by atoms with Crippen LogP contribution in [-0.2, 0) is 10.8 Å². The van der Waals surface area contributed by atoms with E-state index >= 15 is 0 Å². The lowest BCUT2D eigenvalue weighted by Gasteiger charge is -2.14. The topological polar surface area (TPSA) is 60.9 Å². The van der Waals surface area contributed by atoms with E-state index in [2.05, 4.69) is 20.9 Å². The van der Waals surface area contributed by atoms with Gasteiger partial charge in [0.15, 0.2) is 0 Å². The average molecular weight is 316 g/mol. The monoisotopic (exact) mass is 315 g/mol. The Morgan fingerprint density at radius 2 is 2.29 bits per heavy atom. The first-order chi connectivity index (χ1) is 7.99. The van der Waals surface area contributed by atoms with Gasteiger partial charge in [-0.05, 0) is 25.1 Å². The van der Waals surface area contributed by atoms with Crippen LogP contribution in [0.25, 0.3) is 11.0 Å². The molecule has 0 saturated carbocycles. The Morgan fingerprint density at radius 1 is 1.59 bits per heavy atom. The second-order valence-electron chi connectivity index (χ2n) is 4.06. The molecular formula is C11H14BrN3OS. The van der Waals surface area contributed by atoms with Crippen LogP contribution >= 0.6 is 15.9 Å². The van der Waals surface area contributed by atoms with Gasteiger partial charge < -0.3 is 10.3 Å². The molecule has 2 unspecified atom stereocenters. The molecule has 2 atom stereocenters. The number of hydrogen-bond donors (Lipinski definition) is 1. The first kappa shape index (κ1) is 12.6. The highest BCUT2D eigenvalue weighted by Gasteiger charge is 2.15. The fourth-order valence-electron chi connectivity index (χ4n) is 1.97. The summed E-state index contributed by atoms with van der Waals surface area (Å²) in [6.07, 6.45) is 1.70. The summed E-state index contributed by atoms with van der Waals surface area (Å²) in [4.78, 5) is 4.31. The van der Waals surface area contributed by atoms with Crippen LogP contribution in [0.1, 0.15) is 13.0 Å². The van der Waals surface area contributed by atoms with Crippen molar-refractivity contribution >= 4 is 43.7 Å². The number of nitrogen functional groups attached to an aromatic ring is 1. The maximum Gasteiger partial charge on any atom is 0.201 e. The Labute approximate surface area is 111 Å². The Hall–Kier alpha value is -0.880. The second-order valence-corrected chi connectivity index (χ2v) is 6.46. The van der Waals surface area contributed by atoms with Gasteiger partial charge in [-0.3, -0.25) is 4.21 Å². The normalized spacial score (nSPS) is 15.0. The fourth-order valence-corrected chi connectivity index (χ4v) is 3.15. The van der Waals surface area contributed by atoms with E-state index < -0.39 is 10.8 Å². The van der Waals surface area contributed by atoms with Gasteiger partial charge in [-0.2, -0.15) is 0 Å². The van der Waals surface area contributed by atoms with Crippen molar-refractivity contribution < 1.29 is 4.21 Å². The summed E-state index contributed by atoms with van der Waals surface area (Å²) < 4.78 is 14.2. The molecular weight excluding hydrogens is 302 g/mol.